The molecular weight excluding hydrogens is 398 g/mol. The lowest BCUT2D eigenvalue weighted by molar-refractivity contribution is 0.302. The van der Waals surface area contributed by atoms with Gasteiger partial charge in [0, 0.05) is 36.1 Å². The molecule has 0 radical (unpaired) electrons. The number of nitrogens with one attached hydrogen (secondary N) is 2. The molecule has 0 aromatic heterocycles. The monoisotopic (exact) mass is 421 g/mol. The zero-order chi connectivity index (χ0) is 19.7. The molecule has 0 aliphatic carbocycles. The van der Waals surface area contributed by atoms with E-state index in [0.29, 0.717) is 11.6 Å². The third kappa shape index (κ3) is 3.65. The number of ether oxygens (including phenoxy) is 1. The van der Waals surface area contributed by atoms with Gasteiger partial charge >= 0.3 is 0 Å². The second-order valence-electron chi connectivity index (χ2n) is 7.21. The maximum atomic E-state index is 13.3. The Balaban J connectivity index is 1.62. The first-order valence-corrected chi connectivity index (χ1v) is 11.2. The van der Waals surface area contributed by atoms with E-state index in [2.05, 4.69) is 16.9 Å². The van der Waals surface area contributed by atoms with Gasteiger partial charge in [0.05, 0.1) is 12.0 Å². The quantitative estimate of drug-likeness (QED) is 0.776. The fraction of sp³-hybridized carbons (Fsp3) is 0.400. The average molecular weight is 422 g/mol. The molecule has 0 amide bonds. The minimum Gasteiger partial charge on any atom is -0.497 e. The van der Waals surface area contributed by atoms with Gasteiger partial charge in [-0.05, 0) is 54.8 Å². The topological polar surface area (TPSA) is 70.7 Å². The van der Waals surface area contributed by atoms with Crippen LogP contribution in [-0.4, -0.2) is 45.0 Å². The van der Waals surface area contributed by atoms with Gasteiger partial charge in [-0.2, -0.15) is 4.31 Å². The Kier molecular flexibility index (Phi) is 5.62. The standard InChI is InChI=1S/C20H24ClN3O3S/c1-27-16-5-2-4-14(12-16)18-13-22-23-20(18)19-6-3-11-24(19)28(25,26)17-9-7-15(21)8-10-17/h2,4-5,7-10,12,18-20,22-23H,3,6,11,13H2,1H3. The van der Waals surface area contributed by atoms with E-state index in [1.165, 1.54) is 0 Å². The van der Waals surface area contributed by atoms with Gasteiger partial charge in [0.25, 0.3) is 0 Å². The first-order chi connectivity index (χ1) is 13.5. The first kappa shape index (κ1) is 19.7. The van der Waals surface area contributed by atoms with Crippen LogP contribution < -0.4 is 15.6 Å². The Bertz CT molecular complexity index is 936. The molecule has 2 fully saturated rings. The molecular formula is C20H24ClN3O3S. The number of hydrogen-bond acceptors (Lipinski definition) is 5. The largest absolute Gasteiger partial charge is 0.497 e. The average Bonchev–Trinajstić information content (AvgIpc) is 3.37. The van der Waals surface area contributed by atoms with Crippen LogP contribution in [0, 0.1) is 0 Å². The summed E-state index contributed by atoms with van der Waals surface area (Å²) >= 11 is 5.93. The molecule has 2 heterocycles. The van der Waals surface area contributed by atoms with Crippen molar-refractivity contribution in [2.24, 2.45) is 0 Å². The zero-order valence-electron chi connectivity index (χ0n) is 15.6. The molecule has 28 heavy (non-hydrogen) atoms. The van der Waals surface area contributed by atoms with Gasteiger partial charge in [0.1, 0.15) is 5.75 Å². The highest BCUT2D eigenvalue weighted by Gasteiger charge is 2.44. The molecule has 2 aliphatic heterocycles. The van der Waals surface area contributed by atoms with Crippen molar-refractivity contribution in [1.82, 2.24) is 15.2 Å². The van der Waals surface area contributed by atoms with Gasteiger partial charge in [-0.1, -0.05) is 23.7 Å². The van der Waals surface area contributed by atoms with Crippen molar-refractivity contribution in [2.75, 3.05) is 20.2 Å². The second-order valence-corrected chi connectivity index (χ2v) is 9.54. The van der Waals surface area contributed by atoms with Crippen LogP contribution in [0.1, 0.15) is 24.3 Å². The molecule has 8 heteroatoms. The summed E-state index contributed by atoms with van der Waals surface area (Å²) in [4.78, 5) is 0.285. The van der Waals surface area contributed by atoms with Crippen LogP contribution in [0.4, 0.5) is 0 Å². The number of halogens is 1. The minimum atomic E-state index is -3.58. The summed E-state index contributed by atoms with van der Waals surface area (Å²) in [5.74, 6) is 0.960. The van der Waals surface area contributed by atoms with Crippen molar-refractivity contribution < 1.29 is 13.2 Å². The van der Waals surface area contributed by atoms with Crippen LogP contribution in [0.15, 0.2) is 53.4 Å². The molecule has 3 atom stereocenters. The zero-order valence-corrected chi connectivity index (χ0v) is 17.2. The molecule has 0 saturated carbocycles. The fourth-order valence-electron chi connectivity index (χ4n) is 4.24. The summed E-state index contributed by atoms with van der Waals surface area (Å²) in [7, 11) is -1.93. The van der Waals surface area contributed by atoms with Gasteiger partial charge in [-0.3, -0.25) is 10.9 Å². The van der Waals surface area contributed by atoms with E-state index >= 15 is 0 Å². The Morgan fingerprint density at radius 1 is 1.18 bits per heavy atom. The maximum absolute atomic E-state index is 13.3. The summed E-state index contributed by atoms with van der Waals surface area (Å²) in [6, 6.07) is 14.2. The third-order valence-corrected chi connectivity index (χ3v) is 7.82. The van der Waals surface area contributed by atoms with Crippen molar-refractivity contribution in [3.05, 3.63) is 59.1 Å². The summed E-state index contributed by atoms with van der Waals surface area (Å²) < 4.78 is 33.5. The summed E-state index contributed by atoms with van der Waals surface area (Å²) in [5.41, 5.74) is 7.69. The highest BCUT2D eigenvalue weighted by Crippen LogP contribution is 2.35. The number of rotatable bonds is 5. The SMILES string of the molecule is COc1cccc(C2CNNC2C2CCCN2S(=O)(=O)c2ccc(Cl)cc2)c1. The van der Waals surface area contributed by atoms with Crippen LogP contribution in [0.3, 0.4) is 0 Å². The highest BCUT2D eigenvalue weighted by atomic mass is 35.5. The Hall–Kier alpha value is -1.64. The maximum Gasteiger partial charge on any atom is 0.243 e. The van der Waals surface area contributed by atoms with Gasteiger partial charge in [-0.25, -0.2) is 8.42 Å². The molecule has 2 aromatic rings. The molecule has 2 aliphatic rings. The number of nitrogens with zero attached hydrogens (tertiary/aromatic N) is 1. The van der Waals surface area contributed by atoms with Gasteiger partial charge in [-0.15, -0.1) is 0 Å². The minimum absolute atomic E-state index is 0.0170. The Morgan fingerprint density at radius 2 is 1.96 bits per heavy atom. The van der Waals surface area contributed by atoms with Crippen molar-refractivity contribution >= 4 is 21.6 Å². The van der Waals surface area contributed by atoms with E-state index in [1.54, 1.807) is 35.7 Å². The van der Waals surface area contributed by atoms with Crippen molar-refractivity contribution in [3.63, 3.8) is 0 Å². The Morgan fingerprint density at radius 3 is 2.71 bits per heavy atom. The third-order valence-electron chi connectivity index (χ3n) is 5.63. The van der Waals surface area contributed by atoms with Crippen molar-refractivity contribution in [2.45, 2.75) is 35.7 Å². The fourth-order valence-corrected chi connectivity index (χ4v) is 6.08. The van der Waals surface area contributed by atoms with Crippen LogP contribution in [0.5, 0.6) is 5.75 Å². The smallest absolute Gasteiger partial charge is 0.243 e. The predicted molar refractivity (Wildman–Crippen MR) is 109 cm³/mol. The number of sulfonamides is 1. The molecule has 0 bridgehead atoms. The number of benzene rings is 2. The van der Waals surface area contributed by atoms with E-state index in [1.807, 2.05) is 18.2 Å². The molecule has 2 saturated heterocycles. The summed E-state index contributed by atoms with van der Waals surface area (Å²) in [6.45, 7) is 1.27. The summed E-state index contributed by atoms with van der Waals surface area (Å²) in [5, 5.41) is 0.525. The van der Waals surface area contributed by atoms with Gasteiger partial charge in [0.15, 0.2) is 0 Å². The lowest BCUT2D eigenvalue weighted by Crippen LogP contribution is -2.49. The van der Waals surface area contributed by atoms with Crippen LogP contribution in [-0.2, 0) is 10.0 Å². The second kappa shape index (κ2) is 8.00. The van der Waals surface area contributed by atoms with E-state index in [4.69, 9.17) is 16.3 Å². The summed E-state index contributed by atoms with van der Waals surface area (Å²) in [6.07, 6.45) is 1.67. The van der Waals surface area contributed by atoms with E-state index in [-0.39, 0.29) is 22.9 Å². The first-order valence-electron chi connectivity index (χ1n) is 9.40. The highest BCUT2D eigenvalue weighted by molar-refractivity contribution is 7.89. The van der Waals surface area contributed by atoms with Crippen molar-refractivity contribution in [3.8, 4) is 5.75 Å². The lowest BCUT2D eigenvalue weighted by Gasteiger charge is -2.32. The van der Waals surface area contributed by atoms with E-state index in [9.17, 15) is 8.42 Å². The number of hydrazine groups is 1. The molecule has 2 N–H and O–H groups in total. The molecule has 6 nitrogen and oxygen atoms in total. The van der Waals surface area contributed by atoms with Gasteiger partial charge in [0.2, 0.25) is 10.0 Å². The van der Waals surface area contributed by atoms with Gasteiger partial charge < -0.3 is 4.74 Å². The number of methoxy groups -OCH3 is 1. The molecule has 3 unspecified atom stereocenters. The number of hydrogen-bond donors (Lipinski definition) is 2. The van der Waals surface area contributed by atoms with Crippen LogP contribution in [0.25, 0.3) is 0 Å². The lowest BCUT2D eigenvalue weighted by atomic mass is 9.88. The Labute approximate surface area is 170 Å². The molecule has 0 spiro atoms. The molecule has 2 aromatic carbocycles. The van der Waals surface area contributed by atoms with Crippen LogP contribution in [0.2, 0.25) is 5.02 Å². The molecule has 4 rings (SSSR count). The molecule has 150 valence electrons. The van der Waals surface area contributed by atoms with Crippen molar-refractivity contribution in [1.29, 1.82) is 0 Å². The predicted octanol–water partition coefficient (Wildman–Crippen LogP) is 2.76. The van der Waals surface area contributed by atoms with Crippen LogP contribution >= 0.6 is 11.6 Å². The normalized spacial score (nSPS) is 25.9. The van der Waals surface area contributed by atoms with E-state index < -0.39 is 10.0 Å². The van der Waals surface area contributed by atoms with E-state index in [0.717, 1.165) is 30.7 Å².